The molecule has 0 amide bonds. The van der Waals surface area contributed by atoms with E-state index in [1.807, 2.05) is 12.4 Å². The van der Waals surface area contributed by atoms with E-state index in [0.29, 0.717) is 0 Å². The largest absolute Gasteiger partial charge is 0.315 e. The molecule has 2 aliphatic rings. The molecule has 6 aromatic carbocycles. The SMILES string of the molecule is C/C=C\C=C(/C)N(c1ccccc1)c1ccc2c(c1)C1(c3cc(N(c4ccccc4)c4ccccc4)ccc3N2c2ccccc2)c2cccnc2-c2ncccc21. The number of benzene rings is 6. The van der Waals surface area contributed by atoms with Crippen LogP contribution in [-0.2, 0) is 5.41 Å². The van der Waals surface area contributed by atoms with E-state index in [0.717, 1.165) is 84.8 Å². The topological polar surface area (TPSA) is 35.5 Å². The molecule has 10 rings (SSSR count). The number of nitrogens with zero attached hydrogens (tertiary/aromatic N) is 5. The number of hydrogen-bond donors (Lipinski definition) is 0. The van der Waals surface area contributed by atoms with Crippen LogP contribution >= 0.6 is 0 Å². The number of aromatic nitrogens is 2. The predicted octanol–water partition coefficient (Wildman–Crippen LogP) is 13.7. The van der Waals surface area contributed by atoms with Gasteiger partial charge in [0.25, 0.3) is 0 Å². The molecule has 0 fully saturated rings. The van der Waals surface area contributed by atoms with Crippen LogP contribution in [0.25, 0.3) is 11.4 Å². The average molecular weight is 748 g/mol. The van der Waals surface area contributed by atoms with Crippen molar-refractivity contribution in [2.24, 2.45) is 0 Å². The lowest BCUT2D eigenvalue weighted by atomic mass is 9.64. The number of para-hydroxylation sites is 4. The molecule has 0 N–H and O–H groups in total. The van der Waals surface area contributed by atoms with Gasteiger partial charge in [-0.15, -0.1) is 0 Å². The van der Waals surface area contributed by atoms with E-state index < -0.39 is 5.41 Å². The Hall–Kier alpha value is -7.50. The van der Waals surface area contributed by atoms with E-state index in [4.69, 9.17) is 9.97 Å². The molecule has 8 aromatic rings. The third-order valence-corrected chi connectivity index (χ3v) is 11.4. The van der Waals surface area contributed by atoms with E-state index in [1.54, 1.807) is 0 Å². The number of anilines is 8. The molecular formula is C53H41N5. The van der Waals surface area contributed by atoms with E-state index >= 15 is 0 Å². The summed E-state index contributed by atoms with van der Waals surface area (Å²) in [6.45, 7) is 4.23. The lowest BCUT2D eigenvalue weighted by Crippen LogP contribution is -2.36. The molecule has 5 heteroatoms. The van der Waals surface area contributed by atoms with Crippen LogP contribution < -0.4 is 14.7 Å². The zero-order chi connectivity index (χ0) is 39.1. The lowest BCUT2D eigenvalue weighted by Gasteiger charge is -2.45. The summed E-state index contributed by atoms with van der Waals surface area (Å²) in [4.78, 5) is 17.3. The minimum Gasteiger partial charge on any atom is -0.315 e. The van der Waals surface area contributed by atoms with Gasteiger partial charge in [-0.3, -0.25) is 9.97 Å². The van der Waals surface area contributed by atoms with Gasteiger partial charge >= 0.3 is 0 Å². The molecule has 0 atom stereocenters. The molecule has 1 aliphatic carbocycles. The molecule has 0 saturated carbocycles. The summed E-state index contributed by atoms with van der Waals surface area (Å²) >= 11 is 0. The number of allylic oxidation sites excluding steroid dienone is 4. The standard InChI is InChI=1S/C53H41N5/c1-3-4-19-38(2)56(39-20-9-5-10-21-39)43-30-32-49-47(36-43)53(45-28-17-34-54-51(45)52-46(53)29-18-35-55-52)48-37-44(31-33-50(48)58(49)42-26-15-8-16-27-42)57(40-22-11-6-12-23-40)41-24-13-7-14-25-41/h3-37H,1-2H3/b4-3-,38-19+. The van der Waals surface area contributed by atoms with E-state index in [2.05, 4.69) is 229 Å². The summed E-state index contributed by atoms with van der Waals surface area (Å²) in [6, 6.07) is 65.2. The molecule has 1 aliphatic heterocycles. The minimum atomic E-state index is -0.766. The van der Waals surface area contributed by atoms with Crippen molar-refractivity contribution in [1.82, 2.24) is 9.97 Å². The number of pyridine rings is 2. The molecule has 0 saturated heterocycles. The minimum absolute atomic E-state index is 0.766. The highest BCUT2D eigenvalue weighted by Gasteiger charge is 2.53. The van der Waals surface area contributed by atoms with Crippen molar-refractivity contribution in [2.45, 2.75) is 19.3 Å². The van der Waals surface area contributed by atoms with Gasteiger partial charge in [-0.25, -0.2) is 0 Å². The van der Waals surface area contributed by atoms with Gasteiger partial charge in [0, 0.05) is 52.2 Å². The van der Waals surface area contributed by atoms with Gasteiger partial charge in [0.05, 0.1) is 28.2 Å². The Morgan fingerprint density at radius 2 is 0.983 bits per heavy atom. The first-order chi connectivity index (χ1) is 28.7. The van der Waals surface area contributed by atoms with Crippen molar-refractivity contribution in [1.29, 1.82) is 0 Å². The molecule has 1 spiro atoms. The van der Waals surface area contributed by atoms with Crippen molar-refractivity contribution in [2.75, 3.05) is 14.7 Å². The Morgan fingerprint density at radius 3 is 1.52 bits per heavy atom. The molecular weight excluding hydrogens is 707 g/mol. The molecule has 2 aromatic heterocycles. The Morgan fingerprint density at radius 1 is 0.500 bits per heavy atom. The molecule has 0 radical (unpaired) electrons. The quantitative estimate of drug-likeness (QED) is 0.145. The fourth-order valence-corrected chi connectivity index (χ4v) is 9.01. The van der Waals surface area contributed by atoms with Gasteiger partial charge in [-0.2, -0.15) is 0 Å². The highest BCUT2D eigenvalue weighted by atomic mass is 15.2. The Balaban J connectivity index is 1.33. The Kier molecular flexibility index (Phi) is 8.76. The molecule has 0 bridgehead atoms. The van der Waals surface area contributed by atoms with Crippen molar-refractivity contribution in [3.05, 3.63) is 241 Å². The first-order valence-corrected chi connectivity index (χ1v) is 19.8. The maximum absolute atomic E-state index is 5.08. The third-order valence-electron chi connectivity index (χ3n) is 11.4. The first-order valence-electron chi connectivity index (χ1n) is 19.8. The zero-order valence-electron chi connectivity index (χ0n) is 32.4. The molecule has 0 unspecified atom stereocenters. The van der Waals surface area contributed by atoms with Crippen molar-refractivity contribution < 1.29 is 0 Å². The molecule has 278 valence electrons. The van der Waals surface area contributed by atoms with Crippen LogP contribution in [0.15, 0.2) is 218 Å². The fraction of sp³-hybridized carbons (Fsp3) is 0.0566. The van der Waals surface area contributed by atoms with Gasteiger partial charge in [0.2, 0.25) is 0 Å². The van der Waals surface area contributed by atoms with Crippen LogP contribution in [0.5, 0.6) is 0 Å². The van der Waals surface area contributed by atoms with Crippen LogP contribution in [0, 0.1) is 0 Å². The van der Waals surface area contributed by atoms with Crippen LogP contribution in [0.3, 0.4) is 0 Å². The monoisotopic (exact) mass is 747 g/mol. The van der Waals surface area contributed by atoms with Gasteiger partial charge in [-0.05, 0) is 139 Å². The summed E-state index contributed by atoms with van der Waals surface area (Å²) in [5.74, 6) is 0. The highest BCUT2D eigenvalue weighted by Crippen LogP contribution is 2.64. The van der Waals surface area contributed by atoms with Gasteiger partial charge in [-0.1, -0.05) is 97.1 Å². The fourth-order valence-electron chi connectivity index (χ4n) is 9.01. The predicted molar refractivity (Wildman–Crippen MR) is 239 cm³/mol. The van der Waals surface area contributed by atoms with Gasteiger partial charge in [0.1, 0.15) is 0 Å². The maximum atomic E-state index is 5.08. The van der Waals surface area contributed by atoms with Crippen molar-refractivity contribution >= 4 is 45.5 Å². The van der Waals surface area contributed by atoms with Crippen LogP contribution in [0.2, 0.25) is 0 Å². The lowest BCUT2D eigenvalue weighted by molar-refractivity contribution is 0.749. The maximum Gasteiger partial charge on any atom is 0.0937 e. The third kappa shape index (κ3) is 5.54. The van der Waals surface area contributed by atoms with E-state index in [-0.39, 0.29) is 0 Å². The summed E-state index contributed by atoms with van der Waals surface area (Å²) in [6.07, 6.45) is 10.1. The average Bonchev–Trinajstić information content (AvgIpc) is 3.58. The summed E-state index contributed by atoms with van der Waals surface area (Å²) in [7, 11) is 0. The smallest absolute Gasteiger partial charge is 0.0937 e. The Labute approximate surface area is 340 Å². The van der Waals surface area contributed by atoms with Gasteiger partial charge < -0.3 is 14.7 Å². The van der Waals surface area contributed by atoms with Crippen LogP contribution in [0.1, 0.15) is 36.1 Å². The van der Waals surface area contributed by atoms with Crippen LogP contribution in [-0.4, -0.2) is 9.97 Å². The molecule has 58 heavy (non-hydrogen) atoms. The number of hydrogen-bond acceptors (Lipinski definition) is 5. The van der Waals surface area contributed by atoms with Crippen LogP contribution in [0.4, 0.5) is 45.5 Å². The van der Waals surface area contributed by atoms with Crippen molar-refractivity contribution in [3.63, 3.8) is 0 Å². The first kappa shape index (κ1) is 35.0. The van der Waals surface area contributed by atoms with Gasteiger partial charge in [0.15, 0.2) is 0 Å². The number of rotatable bonds is 8. The zero-order valence-corrected chi connectivity index (χ0v) is 32.4. The second kappa shape index (κ2) is 14.5. The summed E-state index contributed by atoms with van der Waals surface area (Å²) in [5.41, 5.74) is 15.4. The van der Waals surface area contributed by atoms with E-state index in [1.165, 1.54) is 0 Å². The normalized spacial score (nSPS) is 13.5. The second-order valence-electron chi connectivity index (χ2n) is 14.6. The Bertz CT molecular complexity index is 2730. The number of fused-ring (bicyclic) bond motifs is 9. The summed E-state index contributed by atoms with van der Waals surface area (Å²) in [5, 5.41) is 0. The molecule has 3 heterocycles. The molecule has 5 nitrogen and oxygen atoms in total. The summed E-state index contributed by atoms with van der Waals surface area (Å²) < 4.78 is 0. The van der Waals surface area contributed by atoms with E-state index in [9.17, 15) is 0 Å². The highest BCUT2D eigenvalue weighted by molar-refractivity contribution is 5.96. The van der Waals surface area contributed by atoms with Crippen molar-refractivity contribution in [3.8, 4) is 11.4 Å². The second-order valence-corrected chi connectivity index (χ2v) is 14.6.